The number of aliphatic hydroxyl groups is 1. The molecule has 1 heterocycles. The van der Waals surface area contributed by atoms with E-state index in [9.17, 15) is 8.42 Å². The molecule has 0 amide bonds. The van der Waals surface area contributed by atoms with Crippen molar-refractivity contribution in [3.05, 3.63) is 46.8 Å². The van der Waals surface area contributed by atoms with Gasteiger partial charge in [0.1, 0.15) is 10.8 Å². The second-order valence-corrected chi connectivity index (χ2v) is 6.88. The first-order chi connectivity index (χ1) is 9.53. The Morgan fingerprint density at radius 2 is 2.15 bits per heavy atom. The molecule has 1 aromatic heterocycles. The minimum atomic E-state index is -3.52. The summed E-state index contributed by atoms with van der Waals surface area (Å²) >= 11 is 1.17. The lowest BCUT2D eigenvalue weighted by atomic mass is 10.1. The van der Waals surface area contributed by atoms with E-state index in [1.165, 1.54) is 11.3 Å². The summed E-state index contributed by atoms with van der Waals surface area (Å²) in [5, 5.41) is 10.4. The number of nitrogens with one attached hydrogen (secondary N) is 1. The van der Waals surface area contributed by atoms with Crippen molar-refractivity contribution in [1.82, 2.24) is 0 Å². The zero-order chi connectivity index (χ0) is 14.6. The fraction of sp³-hybridized carbons (Fsp3) is 0.143. The molecule has 0 atom stereocenters. The summed E-state index contributed by atoms with van der Waals surface area (Å²) in [7, 11) is -3.52. The SMILES string of the molecule is Cc1cc(NS(=O)(=O)c2cccs2)ccc1C#CCO. The van der Waals surface area contributed by atoms with E-state index in [4.69, 9.17) is 5.11 Å². The highest BCUT2D eigenvalue weighted by atomic mass is 32.2. The number of benzene rings is 1. The molecule has 0 fully saturated rings. The van der Waals surface area contributed by atoms with Crippen LogP contribution in [0.25, 0.3) is 0 Å². The molecule has 0 saturated heterocycles. The van der Waals surface area contributed by atoms with Crippen molar-refractivity contribution in [1.29, 1.82) is 0 Å². The fourth-order valence-electron chi connectivity index (χ4n) is 1.62. The Morgan fingerprint density at radius 1 is 1.35 bits per heavy atom. The number of aliphatic hydroxyl groups excluding tert-OH is 1. The number of anilines is 1. The van der Waals surface area contributed by atoms with Gasteiger partial charge in [-0.1, -0.05) is 17.9 Å². The third kappa shape index (κ3) is 3.39. The molecular formula is C14H13NO3S2. The monoisotopic (exact) mass is 307 g/mol. The molecule has 0 aliphatic heterocycles. The highest BCUT2D eigenvalue weighted by Gasteiger charge is 2.15. The predicted octanol–water partition coefficient (Wildman–Crippen LogP) is 2.20. The Kier molecular flexibility index (Phi) is 4.45. The Morgan fingerprint density at radius 3 is 2.75 bits per heavy atom. The van der Waals surface area contributed by atoms with Crippen LogP contribution in [-0.4, -0.2) is 20.1 Å². The largest absolute Gasteiger partial charge is 0.384 e. The first-order valence-electron chi connectivity index (χ1n) is 5.79. The summed E-state index contributed by atoms with van der Waals surface area (Å²) in [6, 6.07) is 8.34. The van der Waals surface area contributed by atoms with Gasteiger partial charge in [0.15, 0.2) is 0 Å². The van der Waals surface area contributed by atoms with Gasteiger partial charge in [-0.25, -0.2) is 8.42 Å². The van der Waals surface area contributed by atoms with E-state index >= 15 is 0 Å². The van der Waals surface area contributed by atoms with Gasteiger partial charge in [0, 0.05) is 11.3 Å². The lowest BCUT2D eigenvalue weighted by Crippen LogP contribution is -2.11. The van der Waals surface area contributed by atoms with Crippen LogP contribution in [0.4, 0.5) is 5.69 Å². The van der Waals surface area contributed by atoms with E-state index in [2.05, 4.69) is 16.6 Å². The average molecular weight is 307 g/mol. The molecule has 0 spiro atoms. The highest BCUT2D eigenvalue weighted by Crippen LogP contribution is 2.21. The smallest absolute Gasteiger partial charge is 0.271 e. The van der Waals surface area contributed by atoms with Gasteiger partial charge >= 0.3 is 0 Å². The molecular weight excluding hydrogens is 294 g/mol. The minimum absolute atomic E-state index is 0.202. The van der Waals surface area contributed by atoms with Crippen LogP contribution < -0.4 is 4.72 Å². The van der Waals surface area contributed by atoms with Crippen molar-refractivity contribution in [2.24, 2.45) is 0 Å². The topological polar surface area (TPSA) is 66.4 Å². The van der Waals surface area contributed by atoms with Crippen molar-refractivity contribution >= 4 is 27.0 Å². The Labute approximate surface area is 122 Å². The molecule has 1 aromatic carbocycles. The van der Waals surface area contributed by atoms with Crippen LogP contribution in [0.3, 0.4) is 0 Å². The third-order valence-electron chi connectivity index (χ3n) is 2.54. The lowest BCUT2D eigenvalue weighted by Gasteiger charge is -2.08. The summed E-state index contributed by atoms with van der Waals surface area (Å²) in [5.74, 6) is 5.37. The molecule has 0 bridgehead atoms. The number of thiophene rings is 1. The maximum atomic E-state index is 12.1. The van der Waals surface area contributed by atoms with Gasteiger partial charge in [-0.2, -0.15) is 0 Å². The molecule has 20 heavy (non-hydrogen) atoms. The normalized spacial score (nSPS) is 10.7. The van der Waals surface area contributed by atoms with Crippen molar-refractivity contribution < 1.29 is 13.5 Å². The average Bonchev–Trinajstić information content (AvgIpc) is 2.92. The Bertz CT molecular complexity index is 753. The first-order valence-corrected chi connectivity index (χ1v) is 8.16. The number of hydrogen-bond acceptors (Lipinski definition) is 4. The summed E-state index contributed by atoms with van der Waals surface area (Å²) in [4.78, 5) is 0. The molecule has 0 aliphatic rings. The van der Waals surface area contributed by atoms with Crippen molar-refractivity contribution in [2.45, 2.75) is 11.1 Å². The van der Waals surface area contributed by atoms with Crippen molar-refractivity contribution in [3.8, 4) is 11.8 Å². The van der Waals surface area contributed by atoms with Crippen LogP contribution in [0.1, 0.15) is 11.1 Å². The molecule has 0 saturated carbocycles. The van der Waals surface area contributed by atoms with E-state index in [0.717, 1.165) is 11.1 Å². The van der Waals surface area contributed by atoms with E-state index in [-0.39, 0.29) is 10.8 Å². The molecule has 2 aromatic rings. The van der Waals surface area contributed by atoms with Gasteiger partial charge in [-0.15, -0.1) is 11.3 Å². The number of sulfonamides is 1. The predicted molar refractivity (Wildman–Crippen MR) is 80.3 cm³/mol. The van der Waals surface area contributed by atoms with Crippen molar-refractivity contribution in [2.75, 3.05) is 11.3 Å². The zero-order valence-electron chi connectivity index (χ0n) is 10.8. The number of aryl methyl sites for hydroxylation is 1. The molecule has 0 aliphatic carbocycles. The maximum absolute atomic E-state index is 12.1. The van der Waals surface area contributed by atoms with Gasteiger partial charge in [-0.05, 0) is 42.1 Å². The fourth-order valence-corrected chi connectivity index (χ4v) is 3.67. The Balaban J connectivity index is 2.25. The van der Waals surface area contributed by atoms with Crippen LogP contribution in [0.15, 0.2) is 39.9 Å². The first kappa shape index (κ1) is 14.6. The quantitative estimate of drug-likeness (QED) is 0.854. The van der Waals surface area contributed by atoms with Gasteiger partial charge in [-0.3, -0.25) is 4.72 Å². The summed E-state index contributed by atoms with van der Waals surface area (Å²) in [5.41, 5.74) is 2.10. The second-order valence-electron chi connectivity index (χ2n) is 4.03. The van der Waals surface area contributed by atoms with Crippen LogP contribution in [0.2, 0.25) is 0 Å². The number of rotatable bonds is 3. The van der Waals surface area contributed by atoms with Crippen LogP contribution in [-0.2, 0) is 10.0 Å². The minimum Gasteiger partial charge on any atom is -0.384 e. The summed E-state index contributed by atoms with van der Waals surface area (Å²) < 4.78 is 26.9. The molecule has 0 unspecified atom stereocenters. The molecule has 6 heteroatoms. The molecule has 0 radical (unpaired) electrons. The molecule has 2 N–H and O–H groups in total. The second kappa shape index (κ2) is 6.09. The van der Waals surface area contributed by atoms with Gasteiger partial charge in [0.05, 0.1) is 0 Å². The maximum Gasteiger partial charge on any atom is 0.271 e. The van der Waals surface area contributed by atoms with E-state index in [1.807, 2.05) is 6.92 Å². The molecule has 2 rings (SSSR count). The zero-order valence-corrected chi connectivity index (χ0v) is 12.4. The van der Waals surface area contributed by atoms with Crippen LogP contribution in [0, 0.1) is 18.8 Å². The van der Waals surface area contributed by atoms with Gasteiger partial charge < -0.3 is 5.11 Å². The third-order valence-corrected chi connectivity index (χ3v) is 5.32. The summed E-state index contributed by atoms with van der Waals surface area (Å²) in [6.07, 6.45) is 0. The van der Waals surface area contributed by atoms with Crippen LogP contribution in [0.5, 0.6) is 0 Å². The van der Waals surface area contributed by atoms with E-state index < -0.39 is 10.0 Å². The van der Waals surface area contributed by atoms with Gasteiger partial charge in [0.2, 0.25) is 0 Å². The summed E-state index contributed by atoms with van der Waals surface area (Å²) in [6.45, 7) is 1.64. The molecule has 4 nitrogen and oxygen atoms in total. The van der Waals surface area contributed by atoms with Crippen LogP contribution >= 0.6 is 11.3 Å². The standard InChI is InChI=1S/C14H13NO3S2/c1-11-10-13(7-6-12(11)4-2-8-16)15-20(17,18)14-5-3-9-19-14/h3,5-7,9-10,15-16H,8H2,1H3. The van der Waals surface area contributed by atoms with Crippen molar-refractivity contribution in [3.63, 3.8) is 0 Å². The number of hydrogen-bond donors (Lipinski definition) is 2. The van der Waals surface area contributed by atoms with E-state index in [0.29, 0.717) is 5.69 Å². The lowest BCUT2D eigenvalue weighted by molar-refractivity contribution is 0.350. The van der Waals surface area contributed by atoms with E-state index in [1.54, 1.807) is 35.7 Å². The van der Waals surface area contributed by atoms with Gasteiger partial charge in [0.25, 0.3) is 10.0 Å². The Hall–Kier alpha value is -1.81. The molecule has 104 valence electrons. The highest BCUT2D eigenvalue weighted by molar-refractivity contribution is 7.94.